The van der Waals surface area contributed by atoms with E-state index >= 15 is 0 Å². The van der Waals surface area contributed by atoms with Crippen molar-refractivity contribution in [3.05, 3.63) is 28.8 Å². The van der Waals surface area contributed by atoms with Crippen molar-refractivity contribution in [1.29, 1.82) is 0 Å². The average Bonchev–Trinajstić information content (AvgIpc) is 2.33. The van der Waals surface area contributed by atoms with Crippen molar-refractivity contribution in [3.63, 3.8) is 0 Å². The normalized spacial score (nSPS) is 14.8. The van der Waals surface area contributed by atoms with Gasteiger partial charge in [0, 0.05) is 0 Å². The van der Waals surface area contributed by atoms with E-state index in [2.05, 4.69) is 110 Å². The molecule has 0 saturated heterocycles. The van der Waals surface area contributed by atoms with Gasteiger partial charge in [0.2, 0.25) is 0 Å². The summed E-state index contributed by atoms with van der Waals surface area (Å²) < 4.78 is 3.24. The number of rotatable bonds is 2. The van der Waals surface area contributed by atoms with Crippen molar-refractivity contribution in [2.45, 2.75) is 98.2 Å². The van der Waals surface area contributed by atoms with Gasteiger partial charge < -0.3 is 0 Å². The molecule has 25 heavy (non-hydrogen) atoms. The molecule has 0 unspecified atom stereocenters. The van der Waals surface area contributed by atoms with Crippen molar-refractivity contribution in [2.24, 2.45) is 0 Å². The van der Waals surface area contributed by atoms with E-state index in [0.29, 0.717) is 0 Å². The molecule has 0 bridgehead atoms. The second-order valence-corrected chi connectivity index (χ2v) is 22.4. The fraction of sp³-hybridized carbons (Fsp3) is 0.682. The van der Waals surface area contributed by atoms with Gasteiger partial charge in [0.25, 0.3) is 0 Å². The first-order valence-corrected chi connectivity index (χ1v) is 15.5. The van der Waals surface area contributed by atoms with Crippen LogP contribution in [0, 0.1) is 0 Å². The number of halogens is 1. The van der Waals surface area contributed by atoms with Crippen LogP contribution in [0.15, 0.2) is 12.1 Å². The number of hydrogen-bond acceptors (Lipinski definition) is 0. The third kappa shape index (κ3) is 6.18. The molecule has 1 aromatic rings. The number of hydrogen-bond donors (Lipinski definition) is 0. The predicted molar refractivity (Wildman–Crippen MR) is 125 cm³/mol. The Kier molecular flexibility index (Phi) is 6.92. The molecule has 0 aliphatic carbocycles. The van der Waals surface area contributed by atoms with Crippen LogP contribution in [-0.4, -0.2) is 26.2 Å². The second kappa shape index (κ2) is 7.40. The van der Waals surface area contributed by atoms with Gasteiger partial charge in [0.15, 0.2) is 0 Å². The zero-order valence-corrected chi connectivity index (χ0v) is 22.9. The minimum absolute atomic E-state index is 0.0233. The van der Waals surface area contributed by atoms with Gasteiger partial charge in [-0.1, -0.05) is 0 Å². The molecule has 0 amide bonds. The molecule has 0 aromatic heterocycles. The monoisotopic (exact) mass is 484 g/mol. The summed E-state index contributed by atoms with van der Waals surface area (Å²) in [4.78, 5) is 0. The van der Waals surface area contributed by atoms with E-state index in [1.807, 2.05) is 0 Å². The summed E-state index contributed by atoms with van der Waals surface area (Å²) in [7, 11) is -1.28. The van der Waals surface area contributed by atoms with Gasteiger partial charge in [-0.05, 0) is 0 Å². The quantitative estimate of drug-likeness (QED) is 0.431. The van der Waals surface area contributed by atoms with Crippen molar-refractivity contribution in [2.75, 3.05) is 0 Å². The maximum atomic E-state index is 4.01. The first-order chi connectivity index (χ1) is 10.8. The Morgan fingerprint density at radius 2 is 1.12 bits per heavy atom. The summed E-state index contributed by atoms with van der Waals surface area (Å²) in [6.45, 7) is 28.6. The molecule has 0 aliphatic rings. The predicted octanol–water partition coefficient (Wildman–Crippen LogP) is 6.31. The van der Waals surface area contributed by atoms with Crippen LogP contribution in [0.4, 0.5) is 0 Å². The molecular weight excluding hydrogens is 447 g/mol. The summed E-state index contributed by atoms with van der Waals surface area (Å²) in [6.07, 6.45) is 0. The van der Waals surface area contributed by atoms with E-state index in [-0.39, 0.29) is 31.6 Å². The van der Waals surface area contributed by atoms with Crippen LogP contribution in [-0.2, 0) is 16.2 Å². The maximum absolute atomic E-state index is 4.01. The molecule has 142 valence electrons. The van der Waals surface area contributed by atoms with Gasteiger partial charge in [0.05, 0.1) is 0 Å². The standard InChI is InChI=1S/C22H38AsBrSi/c1-20(2,3)15-13-16(21(4,5)6)18(17(14-15)22(7,8)9)23-19(24)25(10,11)12/h13-14H,1-12H3. The molecule has 0 heterocycles. The Bertz CT molecular complexity index is 624. The first kappa shape index (κ1) is 23.4. The zero-order chi connectivity index (χ0) is 20.0. The summed E-state index contributed by atoms with van der Waals surface area (Å²) in [5.41, 5.74) is 5.09. The summed E-state index contributed by atoms with van der Waals surface area (Å²) >= 11 is 4.04. The third-order valence-corrected chi connectivity index (χ3v) is 16.8. The molecule has 0 nitrogen and oxygen atoms in total. The SMILES string of the molecule is CC(C)(C)c1cc(C(C)(C)C)c([As]=C(Br)[Si](C)(C)C)c(C(C)(C)C)c1. The van der Waals surface area contributed by atoms with Gasteiger partial charge in [-0.25, -0.2) is 0 Å². The fourth-order valence-corrected chi connectivity index (χ4v) is 9.14. The average molecular weight is 485 g/mol. The first-order valence-electron chi connectivity index (χ1n) is 9.29. The molecule has 0 spiro atoms. The topological polar surface area (TPSA) is 0 Å². The van der Waals surface area contributed by atoms with E-state index in [4.69, 9.17) is 0 Å². The molecule has 0 fully saturated rings. The molecule has 0 saturated carbocycles. The Balaban J connectivity index is 3.96. The van der Waals surface area contributed by atoms with Crippen molar-refractivity contribution < 1.29 is 0 Å². The molecule has 1 aromatic carbocycles. The van der Waals surface area contributed by atoms with E-state index in [1.54, 1.807) is 18.3 Å². The van der Waals surface area contributed by atoms with Crippen molar-refractivity contribution in [1.82, 2.24) is 0 Å². The van der Waals surface area contributed by atoms with Crippen LogP contribution in [0.1, 0.15) is 79.0 Å². The van der Waals surface area contributed by atoms with Crippen molar-refractivity contribution in [3.8, 4) is 0 Å². The van der Waals surface area contributed by atoms with Gasteiger partial charge in [0.1, 0.15) is 0 Å². The molecule has 0 aliphatic heterocycles. The van der Waals surface area contributed by atoms with Crippen LogP contribution in [0.25, 0.3) is 0 Å². The Morgan fingerprint density at radius 3 is 1.36 bits per heavy atom. The van der Waals surface area contributed by atoms with E-state index in [0.717, 1.165) is 0 Å². The third-order valence-electron chi connectivity index (χ3n) is 4.42. The Morgan fingerprint density at radius 1 is 0.760 bits per heavy atom. The summed E-state index contributed by atoms with van der Waals surface area (Å²) in [5, 5.41) is 0. The van der Waals surface area contributed by atoms with Crippen LogP contribution < -0.4 is 4.35 Å². The Labute approximate surface area is 172 Å². The van der Waals surface area contributed by atoms with E-state index in [1.165, 1.54) is 5.56 Å². The molecule has 1 rings (SSSR count). The van der Waals surface area contributed by atoms with Crippen molar-refractivity contribution >= 4 is 46.5 Å². The zero-order valence-electron chi connectivity index (χ0n) is 18.5. The fourth-order valence-electron chi connectivity index (χ4n) is 2.60. The Hall–Kier alpha value is 0.345. The minimum atomic E-state index is -1.28. The molecule has 0 N–H and O–H groups in total. The van der Waals surface area contributed by atoms with E-state index < -0.39 is 8.07 Å². The summed E-state index contributed by atoms with van der Waals surface area (Å²) in [6, 6.07) is 5.01. The molecule has 3 heteroatoms. The number of benzene rings is 1. The summed E-state index contributed by atoms with van der Waals surface area (Å²) in [5.74, 6) is 0. The van der Waals surface area contributed by atoms with Gasteiger partial charge >= 0.3 is 174 Å². The van der Waals surface area contributed by atoms with Crippen LogP contribution in [0.3, 0.4) is 0 Å². The molecule has 0 radical (unpaired) electrons. The van der Waals surface area contributed by atoms with Crippen LogP contribution >= 0.6 is 15.9 Å². The van der Waals surface area contributed by atoms with Gasteiger partial charge in [-0.15, -0.1) is 0 Å². The molecular formula is C22H38AsBrSi. The second-order valence-electron chi connectivity index (χ2n) is 11.3. The van der Waals surface area contributed by atoms with E-state index in [9.17, 15) is 0 Å². The van der Waals surface area contributed by atoms with Crippen LogP contribution in [0.5, 0.6) is 0 Å². The van der Waals surface area contributed by atoms with Gasteiger partial charge in [-0.2, -0.15) is 0 Å². The molecule has 0 atom stereocenters. The van der Waals surface area contributed by atoms with Gasteiger partial charge in [-0.3, -0.25) is 0 Å². The van der Waals surface area contributed by atoms with Crippen LogP contribution in [0.2, 0.25) is 19.6 Å².